The number of aliphatic imine (C=N–C) groups is 1. The number of hydrogen-bond donors (Lipinski definition) is 1. The summed E-state index contributed by atoms with van der Waals surface area (Å²) in [6, 6.07) is 0. The van der Waals surface area contributed by atoms with Crippen LogP contribution in [0.1, 0.15) is 0 Å². The van der Waals surface area contributed by atoms with Gasteiger partial charge in [-0.15, -0.1) is 5.01 Å². The molecule has 39 valence electrons. The van der Waals surface area contributed by atoms with Crippen molar-refractivity contribution in [2.24, 2.45) is 0 Å². The van der Waals surface area contributed by atoms with Gasteiger partial charge in [0.2, 0.25) is 0 Å². The monoisotopic (exact) mass is 107 g/mol. The second-order valence-electron chi connectivity index (χ2n) is 1.62. The van der Waals surface area contributed by atoms with E-state index in [-0.39, 0.29) is 0 Å². The maximum atomic E-state index is 4.01. The van der Waals surface area contributed by atoms with Crippen LogP contribution in [0.25, 0.3) is 0 Å². The summed E-state index contributed by atoms with van der Waals surface area (Å²) in [7, 11) is 0. The summed E-state index contributed by atoms with van der Waals surface area (Å²) in [6.07, 6.45) is 7.39. The Hall–Kier alpha value is -1.25. The Bertz CT molecular complexity index is 190. The summed E-state index contributed by atoms with van der Waals surface area (Å²) in [5.74, 6) is 0.963. The van der Waals surface area contributed by atoms with Gasteiger partial charge < -0.3 is 0 Å². The van der Waals surface area contributed by atoms with Crippen LogP contribution in [-0.2, 0) is 0 Å². The zero-order valence-electron chi connectivity index (χ0n) is 4.20. The molecule has 0 saturated heterocycles. The van der Waals surface area contributed by atoms with Gasteiger partial charge in [-0.1, -0.05) is 0 Å². The van der Waals surface area contributed by atoms with Crippen LogP contribution in [0.15, 0.2) is 24.7 Å². The van der Waals surface area contributed by atoms with Crippen molar-refractivity contribution in [1.82, 2.24) is 15.4 Å². The van der Waals surface area contributed by atoms with Gasteiger partial charge >= 0.3 is 5.84 Å². The number of hydrogen-bond acceptors (Lipinski definition) is 3. The van der Waals surface area contributed by atoms with E-state index in [9.17, 15) is 0 Å². The van der Waals surface area contributed by atoms with E-state index in [1.165, 1.54) is 0 Å². The van der Waals surface area contributed by atoms with E-state index in [1.807, 2.05) is 23.5 Å². The van der Waals surface area contributed by atoms with Crippen LogP contribution in [0.2, 0.25) is 0 Å². The number of nitrogens with one attached hydrogen (secondary N) is 1. The fraction of sp³-hybridized carbons (Fsp3) is 0. The van der Waals surface area contributed by atoms with Crippen molar-refractivity contribution in [2.45, 2.75) is 0 Å². The maximum Gasteiger partial charge on any atom is 0.348 e. The predicted octanol–water partition coefficient (Wildman–Crippen LogP) is -0.461. The van der Waals surface area contributed by atoms with E-state index in [1.54, 1.807) is 6.20 Å². The summed E-state index contributed by atoms with van der Waals surface area (Å²) in [6.45, 7) is 0. The summed E-state index contributed by atoms with van der Waals surface area (Å²) in [5.41, 5.74) is 2.95. The van der Waals surface area contributed by atoms with E-state index < -0.39 is 0 Å². The number of hydrazine groups is 1. The molecule has 0 atom stereocenters. The molecule has 0 saturated carbocycles. The number of nitrogens with zero attached hydrogens (tertiary/aromatic N) is 2. The van der Waals surface area contributed by atoms with E-state index in [0.29, 0.717) is 0 Å². The first-order chi connectivity index (χ1) is 3.97. The minimum atomic E-state index is 0.963. The molecule has 0 aromatic heterocycles. The van der Waals surface area contributed by atoms with Gasteiger partial charge in [-0.25, -0.2) is 5.43 Å². The van der Waals surface area contributed by atoms with Crippen molar-refractivity contribution in [2.75, 3.05) is 0 Å². The van der Waals surface area contributed by atoms with Gasteiger partial charge in [-0.2, -0.15) is 0 Å². The third-order valence-electron chi connectivity index (χ3n) is 1.12. The van der Waals surface area contributed by atoms with Gasteiger partial charge in [-0.3, -0.25) is 0 Å². The lowest BCUT2D eigenvalue weighted by molar-refractivity contribution is 0.509. The molecule has 3 nitrogen and oxygen atoms in total. The second kappa shape index (κ2) is 1.12. The van der Waals surface area contributed by atoms with Gasteiger partial charge in [0.1, 0.15) is 0 Å². The van der Waals surface area contributed by atoms with E-state index in [0.717, 1.165) is 5.84 Å². The Morgan fingerprint density at radius 2 is 2.62 bits per heavy atom. The molecule has 1 N–H and O–H groups in total. The molecule has 0 fully saturated rings. The lowest BCUT2D eigenvalue weighted by atomic mass is 10.6. The molecule has 0 aromatic carbocycles. The first-order valence-corrected chi connectivity index (χ1v) is 2.43. The smallest absolute Gasteiger partial charge is 0.231 e. The second-order valence-corrected chi connectivity index (χ2v) is 1.62. The molecular weight excluding hydrogens is 102 g/mol. The third kappa shape index (κ3) is 0.307. The standard InChI is InChI=1S/C5H5N3/c1-2-7-8-4-3-6-5(1)8/h1-4,7H/q+1. The predicted molar refractivity (Wildman–Crippen MR) is 30.4 cm³/mol. The Labute approximate surface area is 47.0 Å². The van der Waals surface area contributed by atoms with Crippen LogP contribution < -0.4 is 10.4 Å². The number of rotatable bonds is 0. The van der Waals surface area contributed by atoms with Crippen molar-refractivity contribution in [3.05, 3.63) is 24.7 Å². The SMILES string of the molecule is C1=CN2NC=CC2=[N+]1. The van der Waals surface area contributed by atoms with E-state index in [2.05, 4.69) is 10.4 Å². The van der Waals surface area contributed by atoms with Crippen LogP contribution in [0, 0.1) is 0 Å². The molecule has 0 aromatic rings. The average Bonchev–Trinajstić information content (AvgIpc) is 2.15. The Morgan fingerprint density at radius 1 is 1.62 bits per heavy atom. The van der Waals surface area contributed by atoms with Crippen molar-refractivity contribution < 1.29 is 0 Å². The maximum absolute atomic E-state index is 4.01. The molecule has 0 unspecified atom stereocenters. The average molecular weight is 107 g/mol. The first kappa shape index (κ1) is 3.72. The lowest BCUT2D eigenvalue weighted by Gasteiger charge is -1.95. The largest absolute Gasteiger partial charge is 0.348 e. The van der Waals surface area contributed by atoms with Crippen LogP contribution in [0.4, 0.5) is 0 Å². The van der Waals surface area contributed by atoms with Gasteiger partial charge in [-0.05, 0) is 4.99 Å². The molecule has 2 rings (SSSR count). The van der Waals surface area contributed by atoms with Crippen LogP contribution in [-0.4, -0.2) is 10.8 Å². The van der Waals surface area contributed by atoms with Gasteiger partial charge in [0.25, 0.3) is 0 Å². The molecule has 2 aliphatic heterocycles. The topological polar surface area (TPSA) is 29.4 Å². The van der Waals surface area contributed by atoms with Crippen LogP contribution in [0.3, 0.4) is 0 Å². The number of amidine groups is 1. The minimum Gasteiger partial charge on any atom is -0.231 e. The zero-order chi connectivity index (χ0) is 5.40. The van der Waals surface area contributed by atoms with Crippen molar-refractivity contribution in [3.8, 4) is 0 Å². The van der Waals surface area contributed by atoms with Gasteiger partial charge in [0, 0.05) is 6.20 Å². The van der Waals surface area contributed by atoms with Crippen molar-refractivity contribution in [1.29, 1.82) is 0 Å². The highest BCUT2D eigenvalue weighted by molar-refractivity contribution is 5.95. The molecule has 2 heterocycles. The zero-order valence-corrected chi connectivity index (χ0v) is 4.20. The van der Waals surface area contributed by atoms with Crippen molar-refractivity contribution >= 4 is 5.84 Å². The first-order valence-electron chi connectivity index (χ1n) is 2.43. The van der Waals surface area contributed by atoms with E-state index in [4.69, 9.17) is 0 Å². The molecule has 2 aliphatic rings. The summed E-state index contributed by atoms with van der Waals surface area (Å²) >= 11 is 0. The quantitative estimate of drug-likeness (QED) is 0.454. The Balaban J connectivity index is 2.39. The highest BCUT2D eigenvalue weighted by atomic mass is 15.5. The Kier molecular flexibility index (Phi) is 0.521. The molecule has 0 amide bonds. The normalized spacial score (nSPS) is 21.0. The molecule has 3 heteroatoms. The Morgan fingerprint density at radius 3 is 3.50 bits per heavy atom. The molecule has 8 heavy (non-hydrogen) atoms. The third-order valence-corrected chi connectivity index (χ3v) is 1.12. The molecule has 0 aliphatic carbocycles. The molecular formula is C5H5N3+. The molecule has 0 bridgehead atoms. The van der Waals surface area contributed by atoms with Crippen molar-refractivity contribution in [3.63, 3.8) is 0 Å². The summed E-state index contributed by atoms with van der Waals surface area (Å²) in [4.78, 5) is 4.01. The highest BCUT2D eigenvalue weighted by Crippen LogP contribution is 1.99. The van der Waals surface area contributed by atoms with Gasteiger partial charge in [0.05, 0.1) is 6.08 Å². The van der Waals surface area contributed by atoms with E-state index >= 15 is 0 Å². The molecule has 0 spiro atoms. The fourth-order valence-electron chi connectivity index (χ4n) is 0.740. The molecule has 1 radical (unpaired) electrons. The van der Waals surface area contributed by atoms with Crippen LogP contribution >= 0.6 is 0 Å². The highest BCUT2D eigenvalue weighted by Gasteiger charge is 2.23. The fourth-order valence-corrected chi connectivity index (χ4v) is 0.740. The summed E-state index contributed by atoms with van der Waals surface area (Å²) in [5, 5.41) is 1.85. The number of fused-ring (bicyclic) bond motifs is 1. The van der Waals surface area contributed by atoms with Crippen LogP contribution in [0.5, 0.6) is 0 Å². The lowest BCUT2D eigenvalue weighted by Crippen LogP contribution is -2.26. The van der Waals surface area contributed by atoms with Gasteiger partial charge in [0.15, 0.2) is 12.4 Å². The summed E-state index contributed by atoms with van der Waals surface area (Å²) < 4.78 is 0. The minimum absolute atomic E-state index is 0.963.